The first-order valence-corrected chi connectivity index (χ1v) is 7.67. The summed E-state index contributed by atoms with van der Waals surface area (Å²) in [6, 6.07) is 3.17. The fraction of sp³-hybridized carbons (Fsp3) is 0.400. The molecule has 0 spiro atoms. The van der Waals surface area contributed by atoms with Gasteiger partial charge in [0.1, 0.15) is 5.01 Å². The molecule has 0 bridgehead atoms. The second kappa shape index (κ2) is 6.22. The van der Waals surface area contributed by atoms with Crippen molar-refractivity contribution >= 4 is 23.1 Å². The number of amides is 2. The first-order chi connectivity index (χ1) is 9.86. The quantitative estimate of drug-likeness (QED) is 0.908. The Labute approximate surface area is 128 Å². The highest BCUT2D eigenvalue weighted by atomic mass is 32.1. The minimum atomic E-state index is -0.261. The molecule has 2 aromatic rings. The van der Waals surface area contributed by atoms with E-state index in [0.29, 0.717) is 5.69 Å². The van der Waals surface area contributed by atoms with Crippen molar-refractivity contribution in [3.8, 4) is 0 Å². The molecule has 112 valence electrons. The van der Waals surface area contributed by atoms with Gasteiger partial charge in [-0.2, -0.15) is 0 Å². The average molecular weight is 304 g/mol. The number of carbonyl (C=O) groups excluding carboxylic acids is 1. The van der Waals surface area contributed by atoms with Gasteiger partial charge in [-0.15, -0.1) is 11.3 Å². The fourth-order valence-electron chi connectivity index (χ4n) is 1.69. The zero-order valence-electron chi connectivity index (χ0n) is 12.7. The van der Waals surface area contributed by atoms with Gasteiger partial charge in [0.25, 0.3) is 0 Å². The topological polar surface area (TPSA) is 66.9 Å². The van der Waals surface area contributed by atoms with E-state index in [1.807, 2.05) is 12.3 Å². The number of nitrogens with zero attached hydrogens (tertiary/aromatic N) is 2. The molecule has 2 amide bonds. The van der Waals surface area contributed by atoms with Gasteiger partial charge in [-0.1, -0.05) is 20.8 Å². The lowest BCUT2D eigenvalue weighted by Crippen LogP contribution is -2.31. The van der Waals surface area contributed by atoms with Crippen LogP contribution >= 0.6 is 11.3 Å². The summed E-state index contributed by atoms with van der Waals surface area (Å²) in [6.07, 6.45) is 3.26. The zero-order chi connectivity index (χ0) is 15.5. The maximum atomic E-state index is 11.9. The summed E-state index contributed by atoms with van der Waals surface area (Å²) in [7, 11) is 0. The predicted molar refractivity (Wildman–Crippen MR) is 85.6 cm³/mol. The largest absolute Gasteiger partial charge is 0.329 e. The summed E-state index contributed by atoms with van der Waals surface area (Å²) in [5.74, 6) is 0. The van der Waals surface area contributed by atoms with Crippen LogP contribution in [0.1, 0.15) is 44.4 Å². The Morgan fingerprint density at radius 1 is 1.38 bits per heavy atom. The van der Waals surface area contributed by atoms with Crippen molar-refractivity contribution in [3.63, 3.8) is 0 Å². The van der Waals surface area contributed by atoms with E-state index in [9.17, 15) is 4.79 Å². The third-order valence-electron chi connectivity index (χ3n) is 2.93. The van der Waals surface area contributed by atoms with Gasteiger partial charge in [-0.25, -0.2) is 9.78 Å². The monoisotopic (exact) mass is 304 g/mol. The Hall–Kier alpha value is -1.95. The molecule has 0 aliphatic heterocycles. The van der Waals surface area contributed by atoms with Crippen LogP contribution in [0, 0.1) is 0 Å². The third-order valence-corrected chi connectivity index (χ3v) is 3.96. The van der Waals surface area contributed by atoms with Crippen LogP contribution in [0.25, 0.3) is 0 Å². The van der Waals surface area contributed by atoms with Crippen molar-refractivity contribution in [2.45, 2.75) is 39.2 Å². The lowest BCUT2D eigenvalue weighted by atomic mass is 9.93. The average Bonchev–Trinajstić information content (AvgIpc) is 2.89. The molecule has 6 heteroatoms. The van der Waals surface area contributed by atoms with E-state index >= 15 is 0 Å². The zero-order valence-corrected chi connectivity index (χ0v) is 13.5. The van der Waals surface area contributed by atoms with Crippen molar-refractivity contribution < 1.29 is 4.79 Å². The maximum absolute atomic E-state index is 11.9. The van der Waals surface area contributed by atoms with Crippen molar-refractivity contribution in [2.24, 2.45) is 0 Å². The first kappa shape index (κ1) is 15.4. The Bertz CT molecular complexity index is 604. The molecule has 0 saturated carbocycles. The predicted octanol–water partition coefficient (Wildman–Crippen LogP) is 3.72. The van der Waals surface area contributed by atoms with Gasteiger partial charge in [0.2, 0.25) is 0 Å². The summed E-state index contributed by atoms with van der Waals surface area (Å²) in [5.41, 5.74) is 1.73. The normalized spacial score (nSPS) is 12.8. The first-order valence-electron chi connectivity index (χ1n) is 6.79. The molecule has 2 N–H and O–H groups in total. The van der Waals surface area contributed by atoms with Crippen LogP contribution in [0.2, 0.25) is 0 Å². The smallest absolute Gasteiger partial charge is 0.319 e. The van der Waals surface area contributed by atoms with Crippen molar-refractivity contribution in [1.82, 2.24) is 15.3 Å². The molecule has 2 heterocycles. The maximum Gasteiger partial charge on any atom is 0.319 e. The van der Waals surface area contributed by atoms with E-state index in [0.717, 1.165) is 10.7 Å². The summed E-state index contributed by atoms with van der Waals surface area (Å²) in [4.78, 5) is 20.5. The van der Waals surface area contributed by atoms with E-state index in [1.165, 1.54) is 0 Å². The van der Waals surface area contributed by atoms with E-state index < -0.39 is 0 Å². The molecule has 0 fully saturated rings. The molecule has 5 nitrogen and oxygen atoms in total. The number of thiazole rings is 1. The highest BCUT2D eigenvalue weighted by Gasteiger charge is 2.20. The number of hydrogen-bond acceptors (Lipinski definition) is 4. The van der Waals surface area contributed by atoms with Crippen LogP contribution in [-0.4, -0.2) is 16.0 Å². The van der Waals surface area contributed by atoms with Gasteiger partial charge in [0.05, 0.1) is 23.6 Å². The number of rotatable bonds is 3. The molecule has 0 aromatic carbocycles. The Balaban J connectivity index is 1.96. The van der Waals surface area contributed by atoms with Gasteiger partial charge in [-0.05, 0) is 19.1 Å². The minimum Gasteiger partial charge on any atom is -0.329 e. The molecular formula is C15H20N4OS. The standard InChI is InChI=1S/C15H20N4OS/c1-10(13-19-12(9-21-13)15(2,3)4)17-14(20)18-11-6-5-7-16-8-11/h5-10H,1-4H3,(H2,17,18,20). The summed E-state index contributed by atoms with van der Waals surface area (Å²) < 4.78 is 0. The van der Waals surface area contributed by atoms with Crippen molar-refractivity contribution in [1.29, 1.82) is 0 Å². The molecule has 0 radical (unpaired) electrons. The van der Waals surface area contributed by atoms with Gasteiger partial charge >= 0.3 is 6.03 Å². The van der Waals surface area contributed by atoms with Crippen molar-refractivity contribution in [2.75, 3.05) is 5.32 Å². The number of carbonyl (C=O) groups is 1. The van der Waals surface area contributed by atoms with Crippen molar-refractivity contribution in [3.05, 3.63) is 40.6 Å². The van der Waals surface area contributed by atoms with Crippen LogP contribution in [0.4, 0.5) is 10.5 Å². The lowest BCUT2D eigenvalue weighted by molar-refractivity contribution is 0.249. The van der Waals surface area contributed by atoms with Gasteiger partial charge in [0.15, 0.2) is 0 Å². The van der Waals surface area contributed by atoms with Crippen LogP contribution in [0.5, 0.6) is 0 Å². The third kappa shape index (κ3) is 4.26. The second-order valence-corrected chi connectivity index (χ2v) is 6.77. The molecule has 1 unspecified atom stereocenters. The number of pyridine rings is 1. The fourth-order valence-corrected chi connectivity index (χ4v) is 2.75. The molecule has 0 aliphatic carbocycles. The lowest BCUT2D eigenvalue weighted by Gasteiger charge is -2.15. The van der Waals surface area contributed by atoms with Gasteiger partial charge < -0.3 is 10.6 Å². The molecule has 2 rings (SSSR count). The highest BCUT2D eigenvalue weighted by molar-refractivity contribution is 7.09. The van der Waals surface area contributed by atoms with E-state index in [-0.39, 0.29) is 17.5 Å². The Kier molecular flexibility index (Phi) is 4.57. The number of hydrogen-bond donors (Lipinski definition) is 2. The van der Waals surface area contributed by atoms with E-state index in [4.69, 9.17) is 0 Å². The SMILES string of the molecule is CC(NC(=O)Nc1cccnc1)c1nc(C(C)(C)C)cs1. The molecule has 21 heavy (non-hydrogen) atoms. The molecule has 1 atom stereocenters. The number of urea groups is 1. The molecular weight excluding hydrogens is 284 g/mol. The summed E-state index contributed by atoms with van der Waals surface area (Å²) in [6.45, 7) is 8.30. The van der Waals surface area contributed by atoms with E-state index in [2.05, 4.69) is 41.4 Å². The Morgan fingerprint density at radius 2 is 2.14 bits per heavy atom. The van der Waals surface area contributed by atoms with Gasteiger partial charge in [-0.3, -0.25) is 4.98 Å². The minimum absolute atomic E-state index is 0.0203. The van der Waals surface area contributed by atoms with Crippen LogP contribution in [0.15, 0.2) is 29.9 Å². The number of nitrogens with one attached hydrogen (secondary N) is 2. The van der Waals surface area contributed by atoms with Crippen LogP contribution in [0.3, 0.4) is 0 Å². The van der Waals surface area contributed by atoms with Crippen LogP contribution in [-0.2, 0) is 5.41 Å². The van der Waals surface area contributed by atoms with Crippen LogP contribution < -0.4 is 10.6 Å². The van der Waals surface area contributed by atoms with E-state index in [1.54, 1.807) is 35.9 Å². The van der Waals surface area contributed by atoms with Gasteiger partial charge in [0, 0.05) is 17.0 Å². The second-order valence-electron chi connectivity index (χ2n) is 5.88. The molecule has 2 aromatic heterocycles. The number of anilines is 1. The summed E-state index contributed by atoms with van der Waals surface area (Å²) >= 11 is 1.57. The molecule has 0 saturated heterocycles. The summed E-state index contributed by atoms with van der Waals surface area (Å²) in [5, 5.41) is 8.58. The highest BCUT2D eigenvalue weighted by Crippen LogP contribution is 2.26. The Morgan fingerprint density at radius 3 is 2.71 bits per heavy atom. The molecule has 0 aliphatic rings. The number of aromatic nitrogens is 2.